The van der Waals surface area contributed by atoms with Crippen LogP contribution in [0.3, 0.4) is 0 Å². The second-order valence-electron chi connectivity index (χ2n) is 12.8. The van der Waals surface area contributed by atoms with Crippen LogP contribution in [0.4, 0.5) is 0 Å². The van der Waals surface area contributed by atoms with E-state index in [1.807, 2.05) is 18.5 Å². The summed E-state index contributed by atoms with van der Waals surface area (Å²) in [4.78, 5) is 17.2. The highest BCUT2D eigenvalue weighted by Crippen LogP contribution is 2.18. The van der Waals surface area contributed by atoms with Crippen LogP contribution < -0.4 is 5.32 Å². The van der Waals surface area contributed by atoms with Gasteiger partial charge in [-0.3, -0.25) is 9.78 Å². The van der Waals surface area contributed by atoms with Crippen LogP contribution in [0.15, 0.2) is 48.5 Å². The number of hydrogen-bond acceptors (Lipinski definition) is 4. The van der Waals surface area contributed by atoms with Crippen molar-refractivity contribution in [2.24, 2.45) is 0 Å². The molecule has 1 aliphatic rings. The number of carbonyl (C=O) groups is 1. The zero-order chi connectivity index (χ0) is 30.5. The molecular weight excluding hydrogens is 530 g/mol. The molecule has 0 bridgehead atoms. The lowest BCUT2D eigenvalue weighted by atomic mass is 10.0. The molecule has 1 aromatic heterocycles. The van der Waals surface area contributed by atoms with E-state index in [1.54, 1.807) is 0 Å². The van der Waals surface area contributed by atoms with Gasteiger partial charge in [-0.25, -0.2) is 0 Å². The van der Waals surface area contributed by atoms with Crippen LogP contribution in [0.25, 0.3) is 0 Å². The fourth-order valence-electron chi connectivity index (χ4n) is 6.07. The van der Waals surface area contributed by atoms with E-state index < -0.39 is 5.97 Å². The number of hydrogen-bond donors (Lipinski definition) is 2. The van der Waals surface area contributed by atoms with Gasteiger partial charge < -0.3 is 15.3 Å². The molecule has 1 aromatic rings. The van der Waals surface area contributed by atoms with Crippen LogP contribution in [0.1, 0.15) is 153 Å². The fraction of sp³-hybridized carbons (Fsp3) is 0.737. The molecule has 5 nitrogen and oxygen atoms in total. The van der Waals surface area contributed by atoms with Gasteiger partial charge in [0.1, 0.15) is 0 Å². The Labute approximate surface area is 265 Å². The van der Waals surface area contributed by atoms with Gasteiger partial charge in [-0.15, -0.1) is 0 Å². The molecule has 0 saturated heterocycles. The lowest BCUT2D eigenvalue weighted by molar-refractivity contribution is -0.136. The predicted octanol–water partition coefficient (Wildman–Crippen LogP) is 10.0. The minimum absolute atomic E-state index is 0.226. The molecule has 0 aliphatic carbocycles. The molecule has 1 aliphatic heterocycles. The number of nitrogens with one attached hydrogen (secondary N) is 1. The molecular formula is C38H65N3O2. The monoisotopic (exact) mass is 596 g/mol. The van der Waals surface area contributed by atoms with Crippen LogP contribution in [-0.4, -0.2) is 47.1 Å². The molecule has 0 aromatic carbocycles. The van der Waals surface area contributed by atoms with Crippen molar-refractivity contribution in [3.05, 3.63) is 54.0 Å². The Morgan fingerprint density at radius 2 is 1.28 bits per heavy atom. The quantitative estimate of drug-likeness (QED) is 0.0866. The molecule has 0 spiro atoms. The van der Waals surface area contributed by atoms with Crippen molar-refractivity contribution in [1.29, 1.82) is 0 Å². The summed E-state index contributed by atoms with van der Waals surface area (Å²) < 4.78 is 0. The van der Waals surface area contributed by atoms with Gasteiger partial charge in [-0.05, 0) is 62.3 Å². The van der Waals surface area contributed by atoms with Gasteiger partial charge in [0.15, 0.2) is 0 Å². The van der Waals surface area contributed by atoms with Gasteiger partial charge in [-0.2, -0.15) is 0 Å². The summed E-state index contributed by atoms with van der Waals surface area (Å²) in [6.45, 7) is 3.85. The van der Waals surface area contributed by atoms with E-state index in [0.717, 1.165) is 19.5 Å². The Kier molecular flexibility index (Phi) is 23.6. The van der Waals surface area contributed by atoms with E-state index in [2.05, 4.69) is 39.6 Å². The van der Waals surface area contributed by atoms with Gasteiger partial charge in [-0.1, -0.05) is 127 Å². The summed E-state index contributed by atoms with van der Waals surface area (Å²) in [7, 11) is 0. The molecule has 43 heavy (non-hydrogen) atoms. The highest BCUT2D eigenvalue weighted by atomic mass is 16.4. The fourth-order valence-corrected chi connectivity index (χ4v) is 6.07. The van der Waals surface area contributed by atoms with Gasteiger partial charge >= 0.3 is 5.97 Å². The lowest BCUT2D eigenvalue weighted by Crippen LogP contribution is -2.21. The molecule has 244 valence electrons. The number of pyridine rings is 1. The summed E-state index contributed by atoms with van der Waals surface area (Å²) in [5.74, 6) is -0.717. The standard InChI is InChI=1S/C38H65N3O2/c42-38(43)28-31-39-29-20-16-12-8-4-3-7-11-15-19-25-37-27-23-33-41(35-37)32-21-17-13-9-5-1-2-6-10-14-18-24-36-26-22-30-40-34-36/h22-23,26-27,30,34-35,39H,1-21,24-25,28-29,31-33H2,(H,42,43). The van der Waals surface area contributed by atoms with Crippen molar-refractivity contribution < 1.29 is 9.90 Å². The minimum Gasteiger partial charge on any atom is -0.481 e. The van der Waals surface area contributed by atoms with E-state index in [0.29, 0.717) is 6.54 Å². The number of aliphatic carboxylic acids is 1. The van der Waals surface area contributed by atoms with Crippen molar-refractivity contribution in [2.75, 3.05) is 26.2 Å². The SMILES string of the molecule is O=C(O)CCNCCCCCCCCCCCCC1=CN(CCCCCCCCCCCCCc2cccnc2)CC=C1. The zero-order valence-corrected chi connectivity index (χ0v) is 27.6. The zero-order valence-electron chi connectivity index (χ0n) is 27.6. The Balaban J connectivity index is 1.30. The highest BCUT2D eigenvalue weighted by Gasteiger charge is 2.05. The van der Waals surface area contributed by atoms with Crippen molar-refractivity contribution in [3.63, 3.8) is 0 Å². The maximum Gasteiger partial charge on any atom is 0.304 e. The van der Waals surface area contributed by atoms with Crippen LogP contribution in [0, 0.1) is 0 Å². The third-order valence-electron chi connectivity index (χ3n) is 8.74. The van der Waals surface area contributed by atoms with Crippen molar-refractivity contribution in [2.45, 2.75) is 154 Å². The summed E-state index contributed by atoms with van der Waals surface area (Å²) in [5, 5.41) is 11.8. The molecule has 2 rings (SSSR count). The minimum atomic E-state index is -0.717. The number of aryl methyl sites for hydroxylation is 1. The van der Waals surface area contributed by atoms with Crippen LogP contribution in [0.5, 0.6) is 0 Å². The third kappa shape index (κ3) is 23.0. The molecule has 2 N–H and O–H groups in total. The smallest absolute Gasteiger partial charge is 0.304 e. The normalized spacial score (nSPS) is 13.0. The summed E-state index contributed by atoms with van der Waals surface area (Å²) in [6.07, 6.45) is 42.2. The number of rotatable bonds is 30. The average molecular weight is 596 g/mol. The van der Waals surface area contributed by atoms with Gasteiger partial charge in [0.2, 0.25) is 0 Å². The number of unbranched alkanes of at least 4 members (excludes halogenated alkanes) is 19. The number of nitrogens with zero attached hydrogens (tertiary/aromatic N) is 2. The molecule has 0 fully saturated rings. The number of carboxylic acids is 1. The Hall–Kier alpha value is -2.14. The first-order chi connectivity index (χ1) is 21.2. The van der Waals surface area contributed by atoms with Gasteiger partial charge in [0, 0.05) is 38.2 Å². The van der Waals surface area contributed by atoms with E-state index >= 15 is 0 Å². The Morgan fingerprint density at radius 3 is 1.86 bits per heavy atom. The van der Waals surface area contributed by atoms with E-state index in [-0.39, 0.29) is 6.42 Å². The summed E-state index contributed by atoms with van der Waals surface area (Å²) in [5.41, 5.74) is 2.91. The van der Waals surface area contributed by atoms with Gasteiger partial charge in [0.25, 0.3) is 0 Å². The molecule has 2 heterocycles. The molecule has 0 unspecified atom stereocenters. The van der Waals surface area contributed by atoms with E-state index in [9.17, 15) is 4.79 Å². The first kappa shape index (κ1) is 37.0. The molecule has 0 amide bonds. The first-order valence-electron chi connectivity index (χ1n) is 18.2. The maximum atomic E-state index is 10.5. The average Bonchev–Trinajstić information content (AvgIpc) is 3.02. The lowest BCUT2D eigenvalue weighted by Gasteiger charge is -2.23. The second-order valence-corrected chi connectivity index (χ2v) is 12.8. The summed E-state index contributed by atoms with van der Waals surface area (Å²) in [6, 6.07) is 4.24. The van der Waals surface area contributed by atoms with Crippen LogP contribution in [-0.2, 0) is 11.2 Å². The molecule has 0 saturated carbocycles. The Bertz CT molecular complexity index is 839. The van der Waals surface area contributed by atoms with Crippen molar-refractivity contribution >= 4 is 5.97 Å². The number of aromatic nitrogens is 1. The van der Waals surface area contributed by atoms with Crippen molar-refractivity contribution in [1.82, 2.24) is 15.2 Å². The van der Waals surface area contributed by atoms with E-state index in [1.165, 1.54) is 159 Å². The van der Waals surface area contributed by atoms with Crippen LogP contribution in [0.2, 0.25) is 0 Å². The Morgan fingerprint density at radius 1 is 0.721 bits per heavy atom. The molecule has 0 atom stereocenters. The topological polar surface area (TPSA) is 65.5 Å². The highest BCUT2D eigenvalue weighted by molar-refractivity contribution is 5.66. The molecule has 0 radical (unpaired) electrons. The number of carboxylic acid groups (broad SMARTS) is 1. The molecule has 5 heteroatoms. The van der Waals surface area contributed by atoms with Crippen molar-refractivity contribution in [3.8, 4) is 0 Å². The summed E-state index contributed by atoms with van der Waals surface area (Å²) >= 11 is 0. The largest absolute Gasteiger partial charge is 0.481 e. The predicted molar refractivity (Wildman–Crippen MR) is 183 cm³/mol. The number of allylic oxidation sites excluding steroid dienone is 2. The van der Waals surface area contributed by atoms with Crippen LogP contribution >= 0.6 is 0 Å². The first-order valence-corrected chi connectivity index (χ1v) is 18.2. The third-order valence-corrected chi connectivity index (χ3v) is 8.74. The second kappa shape index (κ2) is 27.4. The van der Waals surface area contributed by atoms with Gasteiger partial charge in [0.05, 0.1) is 6.42 Å². The van der Waals surface area contributed by atoms with E-state index in [4.69, 9.17) is 5.11 Å². The maximum absolute atomic E-state index is 10.5.